The van der Waals surface area contributed by atoms with Crippen LogP contribution >= 0.6 is 0 Å². The number of aryl methyl sites for hydroxylation is 2. The quantitative estimate of drug-likeness (QED) is 0.384. The van der Waals surface area contributed by atoms with E-state index >= 15 is 0 Å². The Morgan fingerprint density at radius 3 is 2.03 bits per heavy atom. The molecule has 1 heterocycles. The summed E-state index contributed by atoms with van der Waals surface area (Å²) < 4.78 is 0. The van der Waals surface area contributed by atoms with Crippen molar-refractivity contribution in [1.82, 2.24) is 0 Å². The van der Waals surface area contributed by atoms with Crippen LogP contribution < -0.4 is 10.2 Å². The fourth-order valence-electron chi connectivity index (χ4n) is 6.15. The number of hydrogen-bond acceptors (Lipinski definition) is 2. The number of anilines is 2. The Labute approximate surface area is 226 Å². The van der Waals surface area contributed by atoms with Crippen LogP contribution in [0.15, 0.2) is 60.4 Å². The second kappa shape index (κ2) is 10.8. The van der Waals surface area contributed by atoms with Crippen LogP contribution in [-0.2, 0) is 10.8 Å². The van der Waals surface area contributed by atoms with Gasteiger partial charge in [-0.3, -0.25) is 0 Å². The first-order valence-electron chi connectivity index (χ1n) is 13.6. The van der Waals surface area contributed by atoms with E-state index in [9.17, 15) is 0 Å². The molecule has 0 saturated carbocycles. The van der Waals surface area contributed by atoms with Crippen LogP contribution in [0.25, 0.3) is 0 Å². The lowest BCUT2D eigenvalue weighted by molar-refractivity contribution is 0.532. The molecule has 37 heavy (non-hydrogen) atoms. The van der Waals surface area contributed by atoms with Crippen molar-refractivity contribution in [1.29, 1.82) is 0 Å². The van der Waals surface area contributed by atoms with Crippen LogP contribution in [0, 0.1) is 41.5 Å². The normalized spacial score (nSPS) is 16.6. The highest BCUT2D eigenvalue weighted by Gasteiger charge is 2.40. The van der Waals surface area contributed by atoms with Gasteiger partial charge in [-0.05, 0) is 116 Å². The maximum absolute atomic E-state index is 3.43. The Morgan fingerprint density at radius 2 is 1.38 bits per heavy atom. The third-order valence-electron chi connectivity index (χ3n) is 8.69. The van der Waals surface area contributed by atoms with E-state index in [2.05, 4.69) is 141 Å². The van der Waals surface area contributed by atoms with Crippen molar-refractivity contribution >= 4 is 11.4 Å². The summed E-state index contributed by atoms with van der Waals surface area (Å²) in [5.41, 5.74) is 15.2. The first-order chi connectivity index (χ1) is 17.3. The van der Waals surface area contributed by atoms with Crippen molar-refractivity contribution in [3.8, 4) is 0 Å². The maximum Gasteiger partial charge on any atom is 0.0453 e. The Bertz CT molecular complexity index is 1300. The molecule has 1 N–H and O–H groups in total. The minimum atomic E-state index is -0.00910. The molecular weight excluding hydrogens is 448 g/mol. The van der Waals surface area contributed by atoms with Crippen molar-refractivity contribution in [2.45, 2.75) is 86.5 Å². The van der Waals surface area contributed by atoms with Gasteiger partial charge in [0.25, 0.3) is 0 Å². The van der Waals surface area contributed by atoms with Gasteiger partial charge in [0, 0.05) is 36.6 Å². The number of benzene rings is 2. The number of nitrogens with zero attached hydrogens (tertiary/aromatic N) is 1. The van der Waals surface area contributed by atoms with Gasteiger partial charge in [0.15, 0.2) is 0 Å². The molecule has 1 aliphatic heterocycles. The zero-order valence-electron chi connectivity index (χ0n) is 25.4. The van der Waals surface area contributed by atoms with Crippen molar-refractivity contribution < 1.29 is 0 Å². The zero-order chi connectivity index (χ0) is 27.7. The standard InChI is InChI=1S/C35H48N2/c1-23-21-29(36-11)32(27(5)25(23)3)34(7,8)20-18-16-14-13-15-17-19-31-35(9,10)33-28(6)26(4)24(2)22-30(33)37(31)12/h13-19,21-22,36H,20H2,1-12H3/b14-13+,17-15+,18-16+,31-19-. The van der Waals surface area contributed by atoms with Crippen molar-refractivity contribution in [2.24, 2.45) is 0 Å². The SMILES string of the molecule is CNc1cc(C)c(C)c(C)c1C(C)(C)C/C=C/C=C/C=C/C=C1\N(C)c2cc(C)c(C)c(C)c2C1(C)C. The summed E-state index contributed by atoms with van der Waals surface area (Å²) in [6.45, 7) is 22.8. The Morgan fingerprint density at radius 1 is 0.811 bits per heavy atom. The smallest absolute Gasteiger partial charge is 0.0453 e. The lowest BCUT2D eigenvalue weighted by atomic mass is 9.76. The molecular formula is C35H48N2. The fraction of sp³-hybridized carbons (Fsp3) is 0.429. The molecule has 1 aliphatic rings. The predicted octanol–water partition coefficient (Wildman–Crippen LogP) is 9.23. The predicted molar refractivity (Wildman–Crippen MR) is 165 cm³/mol. The first kappa shape index (κ1) is 28.6. The van der Waals surface area contributed by atoms with E-state index in [0.717, 1.165) is 6.42 Å². The van der Waals surface area contributed by atoms with E-state index in [1.54, 1.807) is 0 Å². The third kappa shape index (κ3) is 5.35. The summed E-state index contributed by atoms with van der Waals surface area (Å²) in [6, 6.07) is 4.63. The highest BCUT2D eigenvalue weighted by Crippen LogP contribution is 2.49. The molecule has 0 fully saturated rings. The second-order valence-corrected chi connectivity index (χ2v) is 12.0. The molecule has 2 heteroatoms. The number of hydrogen-bond donors (Lipinski definition) is 1. The number of fused-ring (bicyclic) bond motifs is 1. The van der Waals surface area contributed by atoms with E-state index in [1.807, 2.05) is 7.05 Å². The van der Waals surface area contributed by atoms with E-state index < -0.39 is 0 Å². The topological polar surface area (TPSA) is 15.3 Å². The molecule has 2 nitrogen and oxygen atoms in total. The highest BCUT2D eigenvalue weighted by molar-refractivity contribution is 5.74. The van der Waals surface area contributed by atoms with Gasteiger partial charge in [-0.15, -0.1) is 0 Å². The fourth-order valence-corrected chi connectivity index (χ4v) is 6.15. The van der Waals surface area contributed by atoms with Crippen LogP contribution in [-0.4, -0.2) is 14.1 Å². The minimum Gasteiger partial charge on any atom is -0.388 e. The molecule has 0 bridgehead atoms. The van der Waals surface area contributed by atoms with Gasteiger partial charge >= 0.3 is 0 Å². The first-order valence-corrected chi connectivity index (χ1v) is 13.6. The Kier molecular flexibility index (Phi) is 8.32. The second-order valence-electron chi connectivity index (χ2n) is 12.0. The average Bonchev–Trinajstić information content (AvgIpc) is 3.01. The summed E-state index contributed by atoms with van der Waals surface area (Å²) in [5, 5.41) is 3.43. The van der Waals surface area contributed by atoms with Crippen molar-refractivity contribution in [2.75, 3.05) is 24.3 Å². The largest absolute Gasteiger partial charge is 0.388 e. The van der Waals surface area contributed by atoms with Gasteiger partial charge in [-0.1, -0.05) is 64.2 Å². The molecule has 0 saturated heterocycles. The van der Waals surface area contributed by atoms with Gasteiger partial charge in [0.2, 0.25) is 0 Å². The lowest BCUT2D eigenvalue weighted by Gasteiger charge is -2.30. The van der Waals surface area contributed by atoms with Gasteiger partial charge in [0.05, 0.1) is 0 Å². The number of likely N-dealkylation sites (N-methyl/N-ethyl adjacent to an activating group) is 1. The summed E-state index contributed by atoms with van der Waals surface area (Å²) in [7, 11) is 4.22. The molecule has 0 radical (unpaired) electrons. The van der Waals surface area contributed by atoms with Crippen LogP contribution in [0.4, 0.5) is 11.4 Å². The molecule has 0 spiro atoms. The van der Waals surface area contributed by atoms with Gasteiger partial charge in [-0.2, -0.15) is 0 Å². The number of allylic oxidation sites excluding steroid dienone is 8. The molecule has 0 amide bonds. The molecule has 198 valence electrons. The van der Waals surface area contributed by atoms with Gasteiger partial charge in [-0.25, -0.2) is 0 Å². The lowest BCUT2D eigenvalue weighted by Crippen LogP contribution is -2.23. The van der Waals surface area contributed by atoms with E-state index in [1.165, 1.54) is 61.6 Å². The zero-order valence-corrected chi connectivity index (χ0v) is 25.4. The summed E-state index contributed by atoms with van der Waals surface area (Å²) >= 11 is 0. The van der Waals surface area contributed by atoms with Crippen LogP contribution in [0.2, 0.25) is 0 Å². The summed E-state index contributed by atoms with van der Waals surface area (Å²) in [5.74, 6) is 0. The molecule has 2 aromatic rings. The molecule has 3 rings (SSSR count). The number of rotatable bonds is 7. The molecule has 0 aromatic heterocycles. The molecule has 2 aromatic carbocycles. The summed E-state index contributed by atoms with van der Waals surface area (Å²) in [6.07, 6.45) is 16.3. The minimum absolute atomic E-state index is 0.00910. The molecule has 0 atom stereocenters. The van der Waals surface area contributed by atoms with Crippen LogP contribution in [0.5, 0.6) is 0 Å². The van der Waals surface area contributed by atoms with Crippen LogP contribution in [0.1, 0.15) is 78.6 Å². The van der Waals surface area contributed by atoms with E-state index in [-0.39, 0.29) is 10.8 Å². The third-order valence-corrected chi connectivity index (χ3v) is 8.69. The highest BCUT2D eigenvalue weighted by atomic mass is 15.2. The van der Waals surface area contributed by atoms with E-state index in [4.69, 9.17) is 0 Å². The van der Waals surface area contributed by atoms with Gasteiger partial charge < -0.3 is 10.2 Å². The van der Waals surface area contributed by atoms with E-state index in [0.29, 0.717) is 0 Å². The molecule has 0 aliphatic carbocycles. The number of nitrogens with one attached hydrogen (secondary N) is 1. The summed E-state index contributed by atoms with van der Waals surface area (Å²) in [4.78, 5) is 2.36. The van der Waals surface area contributed by atoms with Gasteiger partial charge in [0.1, 0.15) is 0 Å². The maximum atomic E-state index is 3.43. The average molecular weight is 497 g/mol. The molecule has 0 unspecified atom stereocenters. The van der Waals surface area contributed by atoms with Crippen LogP contribution in [0.3, 0.4) is 0 Å². The Hall–Kier alpha value is -3.00. The van der Waals surface area contributed by atoms with Crippen molar-refractivity contribution in [3.05, 3.63) is 105 Å². The van der Waals surface area contributed by atoms with Crippen molar-refractivity contribution in [3.63, 3.8) is 0 Å². The monoisotopic (exact) mass is 496 g/mol. The Balaban J connectivity index is 1.71.